The van der Waals surface area contributed by atoms with Gasteiger partial charge in [0.15, 0.2) is 0 Å². The first kappa shape index (κ1) is 20.6. The van der Waals surface area contributed by atoms with Crippen LogP contribution in [0.3, 0.4) is 0 Å². The molecule has 0 atom stereocenters. The number of carbonyl (C=O) groups excluding carboxylic acids is 1. The number of halogens is 1. The molecule has 0 bridgehead atoms. The van der Waals surface area contributed by atoms with Gasteiger partial charge in [0.2, 0.25) is 15.9 Å². The van der Waals surface area contributed by atoms with Crippen LogP contribution in [0, 0.1) is 20.8 Å². The largest absolute Gasteiger partial charge is 0.280 e. The van der Waals surface area contributed by atoms with E-state index in [0.29, 0.717) is 21.8 Å². The van der Waals surface area contributed by atoms with E-state index in [1.807, 2.05) is 0 Å². The van der Waals surface area contributed by atoms with Crippen LogP contribution in [0.2, 0.25) is 5.02 Å². The molecule has 0 aromatic heterocycles. The van der Waals surface area contributed by atoms with Crippen molar-refractivity contribution in [1.82, 2.24) is 0 Å². The first-order valence-electron chi connectivity index (χ1n) is 8.38. The summed E-state index contributed by atoms with van der Waals surface area (Å²) in [5.41, 5.74) is 1.94. The molecule has 1 aliphatic rings. The van der Waals surface area contributed by atoms with Crippen LogP contribution in [0.15, 0.2) is 35.2 Å². The van der Waals surface area contributed by atoms with Crippen LogP contribution in [0.4, 0.5) is 11.4 Å². The Balaban J connectivity index is 2.03. The van der Waals surface area contributed by atoms with E-state index in [1.54, 1.807) is 32.9 Å². The lowest BCUT2D eigenvalue weighted by atomic mass is 10.1. The normalized spacial score (nSPS) is 16.4. The second kappa shape index (κ2) is 7.06. The number of nitrogens with zero attached hydrogens (tertiary/aromatic N) is 1. The van der Waals surface area contributed by atoms with E-state index in [9.17, 15) is 21.6 Å². The summed E-state index contributed by atoms with van der Waals surface area (Å²) in [6.45, 7) is 4.92. The summed E-state index contributed by atoms with van der Waals surface area (Å²) in [5, 5.41) is 0.432. The van der Waals surface area contributed by atoms with Gasteiger partial charge in [-0.25, -0.2) is 21.1 Å². The minimum absolute atomic E-state index is 0.0250. The summed E-state index contributed by atoms with van der Waals surface area (Å²) in [6.07, 6.45) is -0.0871. The molecule has 2 aromatic rings. The molecule has 1 heterocycles. The topological polar surface area (TPSA) is 101 Å². The Bertz CT molecular complexity index is 1170. The number of benzene rings is 2. The van der Waals surface area contributed by atoms with Gasteiger partial charge in [-0.05, 0) is 61.7 Å². The minimum Gasteiger partial charge on any atom is -0.280 e. The second-order valence-corrected chi connectivity index (χ2v) is 10.7. The predicted octanol–water partition coefficient (Wildman–Crippen LogP) is 3.13. The Labute approximate surface area is 169 Å². The summed E-state index contributed by atoms with van der Waals surface area (Å²) in [4.78, 5) is 12.0. The molecule has 0 saturated carbocycles. The number of carbonyl (C=O) groups is 1. The molecule has 10 heteroatoms. The lowest BCUT2D eigenvalue weighted by Gasteiger charge is -2.19. The molecule has 3 rings (SSSR count). The molecule has 1 amide bonds. The molecule has 0 aliphatic carbocycles. The number of rotatable bonds is 4. The second-order valence-electron chi connectivity index (χ2n) is 6.70. The Morgan fingerprint density at radius 3 is 2.14 bits per heavy atom. The quantitative estimate of drug-likeness (QED) is 0.783. The lowest BCUT2D eigenvalue weighted by molar-refractivity contribution is -0.116. The molecule has 0 spiro atoms. The fourth-order valence-corrected chi connectivity index (χ4v) is 6.33. The maximum absolute atomic E-state index is 12.9. The molecule has 1 saturated heterocycles. The van der Waals surface area contributed by atoms with Gasteiger partial charge in [0.1, 0.15) is 0 Å². The number of nitrogens with one attached hydrogen (secondary N) is 1. The van der Waals surface area contributed by atoms with Crippen LogP contribution in [0.25, 0.3) is 0 Å². The van der Waals surface area contributed by atoms with Crippen molar-refractivity contribution in [3.05, 3.63) is 52.0 Å². The zero-order valence-corrected chi connectivity index (χ0v) is 17.9. The Hall–Kier alpha value is -2.10. The van der Waals surface area contributed by atoms with Gasteiger partial charge in [0.25, 0.3) is 10.0 Å². The highest BCUT2D eigenvalue weighted by Crippen LogP contribution is 2.32. The van der Waals surface area contributed by atoms with E-state index in [4.69, 9.17) is 11.6 Å². The Kier molecular flexibility index (Phi) is 5.20. The average molecular weight is 443 g/mol. The molecule has 150 valence electrons. The molecule has 0 unspecified atom stereocenters. The van der Waals surface area contributed by atoms with Crippen molar-refractivity contribution in [2.45, 2.75) is 32.1 Å². The zero-order chi connectivity index (χ0) is 20.9. The molecule has 7 nitrogen and oxygen atoms in total. The van der Waals surface area contributed by atoms with Gasteiger partial charge in [-0.1, -0.05) is 17.7 Å². The molecule has 0 radical (unpaired) electrons. The van der Waals surface area contributed by atoms with E-state index in [0.717, 1.165) is 9.87 Å². The van der Waals surface area contributed by atoms with E-state index < -0.39 is 26.0 Å². The number of amides is 1. The Morgan fingerprint density at radius 2 is 1.64 bits per heavy atom. The van der Waals surface area contributed by atoms with E-state index in [2.05, 4.69) is 4.72 Å². The molecule has 1 N–H and O–H groups in total. The van der Waals surface area contributed by atoms with Gasteiger partial charge >= 0.3 is 0 Å². The van der Waals surface area contributed by atoms with E-state index >= 15 is 0 Å². The molecule has 28 heavy (non-hydrogen) atoms. The van der Waals surface area contributed by atoms with Crippen LogP contribution >= 0.6 is 11.6 Å². The van der Waals surface area contributed by atoms with E-state index in [1.165, 1.54) is 18.2 Å². The van der Waals surface area contributed by atoms with Crippen molar-refractivity contribution < 1.29 is 21.6 Å². The lowest BCUT2D eigenvalue weighted by Crippen LogP contribution is -2.29. The number of anilines is 2. The zero-order valence-electron chi connectivity index (χ0n) is 15.5. The van der Waals surface area contributed by atoms with Gasteiger partial charge in [-0.2, -0.15) is 0 Å². The van der Waals surface area contributed by atoms with Crippen molar-refractivity contribution in [3.63, 3.8) is 0 Å². The number of aryl methyl sites for hydroxylation is 3. The molecule has 1 fully saturated rings. The van der Waals surface area contributed by atoms with Gasteiger partial charge in [-0.3, -0.25) is 9.52 Å². The average Bonchev–Trinajstić information content (AvgIpc) is 2.82. The fraction of sp³-hybridized carbons (Fsp3) is 0.278. The third-order valence-corrected chi connectivity index (χ3v) is 8.23. The predicted molar refractivity (Wildman–Crippen MR) is 109 cm³/mol. The van der Waals surface area contributed by atoms with Crippen molar-refractivity contribution >= 4 is 48.9 Å². The minimum atomic E-state index is -3.95. The SMILES string of the molecule is Cc1ccc(NS(=O)(=O)c2c(C)cc(N3C(=O)CCS3(=O)=O)cc2C)cc1Cl. The van der Waals surface area contributed by atoms with Crippen molar-refractivity contribution in [2.24, 2.45) is 0 Å². The Morgan fingerprint density at radius 1 is 1.04 bits per heavy atom. The van der Waals surface area contributed by atoms with Gasteiger partial charge in [-0.15, -0.1) is 0 Å². The third-order valence-electron chi connectivity index (χ3n) is 4.45. The van der Waals surface area contributed by atoms with Crippen molar-refractivity contribution in [1.29, 1.82) is 0 Å². The maximum Gasteiger partial charge on any atom is 0.262 e. The van der Waals surface area contributed by atoms with Crippen molar-refractivity contribution in [2.75, 3.05) is 14.8 Å². The van der Waals surface area contributed by atoms with Gasteiger partial charge in [0, 0.05) is 11.4 Å². The summed E-state index contributed by atoms with van der Waals surface area (Å²) in [7, 11) is -7.67. The molecule has 1 aliphatic heterocycles. The van der Waals surface area contributed by atoms with Gasteiger partial charge < -0.3 is 0 Å². The van der Waals surface area contributed by atoms with Crippen LogP contribution in [-0.4, -0.2) is 28.5 Å². The summed E-state index contributed by atoms with van der Waals surface area (Å²) in [5.74, 6) is -0.776. The number of hydrogen-bond acceptors (Lipinski definition) is 5. The fourth-order valence-electron chi connectivity index (χ4n) is 3.20. The van der Waals surface area contributed by atoms with Crippen LogP contribution in [0.1, 0.15) is 23.1 Å². The maximum atomic E-state index is 12.9. The van der Waals surface area contributed by atoms with Crippen molar-refractivity contribution in [3.8, 4) is 0 Å². The third kappa shape index (κ3) is 3.74. The van der Waals surface area contributed by atoms with Gasteiger partial charge in [0.05, 0.1) is 22.0 Å². The summed E-state index contributed by atoms with van der Waals surface area (Å²) >= 11 is 6.06. The van der Waals surface area contributed by atoms with Crippen LogP contribution in [-0.2, 0) is 24.8 Å². The highest BCUT2D eigenvalue weighted by molar-refractivity contribution is 7.94. The van der Waals surface area contributed by atoms with E-state index in [-0.39, 0.29) is 22.8 Å². The monoisotopic (exact) mass is 442 g/mol. The number of hydrogen-bond donors (Lipinski definition) is 1. The molecule has 2 aromatic carbocycles. The first-order valence-corrected chi connectivity index (χ1v) is 11.9. The smallest absolute Gasteiger partial charge is 0.262 e. The highest BCUT2D eigenvalue weighted by atomic mass is 35.5. The number of sulfonamides is 2. The summed E-state index contributed by atoms with van der Waals surface area (Å²) in [6, 6.07) is 7.61. The van der Waals surface area contributed by atoms with Crippen LogP contribution < -0.4 is 9.03 Å². The molecular formula is C18H19ClN2O5S2. The standard InChI is InChI=1S/C18H19ClN2O5S2/c1-11-4-5-14(10-16(11)19)20-28(25,26)18-12(2)8-15(9-13(18)3)21-17(22)6-7-27(21,23)24/h4-5,8-10,20H,6-7H2,1-3H3. The summed E-state index contributed by atoms with van der Waals surface area (Å²) < 4.78 is 53.3. The first-order chi connectivity index (χ1) is 12.9. The van der Waals surface area contributed by atoms with Crippen LogP contribution in [0.5, 0.6) is 0 Å². The highest BCUT2D eigenvalue weighted by Gasteiger charge is 2.37. The molecular weight excluding hydrogens is 424 g/mol.